The van der Waals surface area contributed by atoms with Crippen LogP contribution < -0.4 is 5.32 Å². The fraction of sp³-hybridized carbons (Fsp3) is 0.389. The highest BCUT2D eigenvalue weighted by Crippen LogP contribution is 2.44. The molecule has 0 spiro atoms. The molecule has 5 nitrogen and oxygen atoms in total. The summed E-state index contributed by atoms with van der Waals surface area (Å²) in [5, 5.41) is 1.96. The molecule has 3 heterocycles. The molecule has 2 aromatic rings. The topological polar surface area (TPSA) is 58.1 Å². The molecule has 2 atom stereocenters. The summed E-state index contributed by atoms with van der Waals surface area (Å²) in [5.74, 6) is -1.22. The lowest BCUT2D eigenvalue weighted by Crippen LogP contribution is -2.44. The van der Waals surface area contributed by atoms with Gasteiger partial charge in [-0.05, 0) is 31.0 Å². The minimum absolute atomic E-state index is 0.0758. The molecule has 0 saturated carbocycles. The van der Waals surface area contributed by atoms with Gasteiger partial charge in [-0.2, -0.15) is 26.3 Å². The van der Waals surface area contributed by atoms with Gasteiger partial charge >= 0.3 is 18.4 Å². The molecule has 1 N–H and O–H groups in total. The summed E-state index contributed by atoms with van der Waals surface area (Å²) in [4.78, 5) is 21.3. The zero-order valence-corrected chi connectivity index (χ0v) is 15.7. The molecule has 0 unspecified atom stereocenters. The van der Waals surface area contributed by atoms with Gasteiger partial charge in [0.1, 0.15) is 0 Å². The summed E-state index contributed by atoms with van der Waals surface area (Å²) in [6, 6.07) is 1.40. The third-order valence-corrected chi connectivity index (χ3v) is 5.52. The summed E-state index contributed by atoms with van der Waals surface area (Å²) in [7, 11) is 0. The van der Waals surface area contributed by atoms with Crippen molar-refractivity contribution in [3.05, 3.63) is 52.1 Å². The number of alkyl halides is 6. The predicted octanol–water partition coefficient (Wildman–Crippen LogP) is 5.46. The van der Waals surface area contributed by atoms with Gasteiger partial charge in [0.05, 0.1) is 22.3 Å². The number of rotatable bonds is 1. The van der Waals surface area contributed by atoms with E-state index in [2.05, 4.69) is 15.3 Å². The first-order valence-corrected chi connectivity index (χ1v) is 9.22. The zero-order chi connectivity index (χ0) is 21.8. The van der Waals surface area contributed by atoms with E-state index in [4.69, 9.17) is 11.6 Å². The molecule has 0 radical (unpaired) electrons. The lowest BCUT2D eigenvalue weighted by atomic mass is 9.99. The Morgan fingerprint density at radius 2 is 1.87 bits per heavy atom. The summed E-state index contributed by atoms with van der Waals surface area (Å²) >= 11 is 5.68. The Morgan fingerprint density at radius 1 is 1.13 bits per heavy atom. The normalized spacial score (nSPS) is 20.8. The van der Waals surface area contributed by atoms with E-state index in [1.54, 1.807) is 0 Å². The van der Waals surface area contributed by atoms with E-state index in [1.807, 2.05) is 0 Å². The molecule has 0 aliphatic carbocycles. The van der Waals surface area contributed by atoms with Crippen LogP contribution in [0.15, 0.2) is 24.4 Å². The molecule has 2 aliphatic rings. The van der Waals surface area contributed by atoms with Crippen LogP contribution in [0.25, 0.3) is 0 Å². The highest BCUT2D eigenvalue weighted by Gasteiger charge is 2.45. The van der Waals surface area contributed by atoms with Crippen molar-refractivity contribution in [1.82, 2.24) is 14.9 Å². The van der Waals surface area contributed by atoms with Gasteiger partial charge in [0.2, 0.25) is 5.82 Å². The van der Waals surface area contributed by atoms with E-state index in [0.717, 1.165) is 24.4 Å². The number of hydrogen-bond acceptors (Lipinski definition) is 3. The fourth-order valence-corrected chi connectivity index (χ4v) is 4.22. The number of nitrogens with one attached hydrogen (secondary N) is 1. The van der Waals surface area contributed by atoms with Crippen LogP contribution in [-0.4, -0.2) is 26.9 Å². The lowest BCUT2D eigenvalue weighted by molar-refractivity contribution is -0.145. The molecule has 2 bridgehead atoms. The van der Waals surface area contributed by atoms with Gasteiger partial charge in [-0.15, -0.1) is 0 Å². The summed E-state index contributed by atoms with van der Waals surface area (Å²) < 4.78 is 77.1. The van der Waals surface area contributed by atoms with E-state index < -0.39 is 40.8 Å². The van der Waals surface area contributed by atoms with Crippen LogP contribution in [0.4, 0.5) is 36.8 Å². The second-order valence-electron chi connectivity index (χ2n) is 7.07. The summed E-state index contributed by atoms with van der Waals surface area (Å²) in [6.45, 7) is 0. The molecule has 30 heavy (non-hydrogen) atoms. The second kappa shape index (κ2) is 7.00. The van der Waals surface area contributed by atoms with Gasteiger partial charge < -0.3 is 10.2 Å². The number of anilines is 1. The third-order valence-electron chi connectivity index (χ3n) is 5.20. The van der Waals surface area contributed by atoms with Gasteiger partial charge in [0, 0.05) is 29.9 Å². The van der Waals surface area contributed by atoms with Crippen molar-refractivity contribution in [2.45, 2.75) is 43.7 Å². The van der Waals surface area contributed by atoms with Crippen LogP contribution in [0.1, 0.15) is 41.5 Å². The first kappa shape index (κ1) is 20.7. The maximum Gasteiger partial charge on any atom is 0.451 e. The van der Waals surface area contributed by atoms with Crippen LogP contribution >= 0.6 is 11.6 Å². The molecular weight excluding hydrogens is 438 g/mol. The van der Waals surface area contributed by atoms with Crippen molar-refractivity contribution in [3.8, 4) is 0 Å². The first-order valence-electron chi connectivity index (χ1n) is 8.84. The monoisotopic (exact) mass is 450 g/mol. The predicted molar refractivity (Wildman–Crippen MR) is 93.8 cm³/mol. The maximum atomic E-state index is 12.9. The molecule has 12 heteroatoms. The number of benzene rings is 1. The largest absolute Gasteiger partial charge is 0.451 e. The average Bonchev–Trinajstić information content (AvgIpc) is 2.94. The van der Waals surface area contributed by atoms with Gasteiger partial charge in [-0.3, -0.25) is 0 Å². The van der Waals surface area contributed by atoms with Crippen LogP contribution in [0.3, 0.4) is 0 Å². The molecule has 4 rings (SSSR count). The fourth-order valence-electron chi connectivity index (χ4n) is 3.93. The number of carbonyl (C=O) groups excluding carboxylic acids is 1. The van der Waals surface area contributed by atoms with Crippen molar-refractivity contribution in [3.63, 3.8) is 0 Å². The zero-order valence-electron chi connectivity index (χ0n) is 15.0. The summed E-state index contributed by atoms with van der Waals surface area (Å²) in [5.41, 5.74) is -0.248. The van der Waals surface area contributed by atoms with Gasteiger partial charge in [-0.25, -0.2) is 14.8 Å². The molecule has 2 aliphatic heterocycles. The Hall–Kier alpha value is -2.56. The van der Waals surface area contributed by atoms with Crippen LogP contribution in [0.2, 0.25) is 5.02 Å². The SMILES string of the molecule is O=C(Nc1ccc(C(F)(F)F)c(Cl)c1)N1[C@H]2CC[C@@H]1c1cnc(C(F)(F)F)nc1C2. The molecule has 160 valence electrons. The van der Waals surface area contributed by atoms with Crippen molar-refractivity contribution >= 4 is 23.3 Å². The maximum absolute atomic E-state index is 12.9. The first-order chi connectivity index (χ1) is 13.9. The summed E-state index contributed by atoms with van der Waals surface area (Å²) in [6.07, 6.45) is -6.97. The molecular formula is C18H13ClF6N4O. The van der Waals surface area contributed by atoms with Crippen molar-refractivity contribution in [1.29, 1.82) is 0 Å². The van der Waals surface area contributed by atoms with E-state index in [1.165, 1.54) is 4.90 Å². The van der Waals surface area contributed by atoms with Gasteiger partial charge in [-0.1, -0.05) is 11.6 Å². The molecule has 1 aromatic heterocycles. The van der Waals surface area contributed by atoms with Gasteiger partial charge in [0.25, 0.3) is 0 Å². The number of halogens is 7. The minimum atomic E-state index is -4.66. The highest BCUT2D eigenvalue weighted by atomic mass is 35.5. The highest BCUT2D eigenvalue weighted by molar-refractivity contribution is 6.31. The van der Waals surface area contributed by atoms with Crippen LogP contribution in [-0.2, 0) is 18.8 Å². The number of aromatic nitrogens is 2. The standard InChI is InChI=1S/C18H13ClF6N4O/c19-12-5-8(1-3-11(12)17(20,21)22)27-16(30)29-9-2-4-14(29)10-7-26-15(18(23,24)25)28-13(10)6-9/h1,3,5,7,9,14H,2,4,6H2,(H,27,30)/t9-,14+/m0/s1. The van der Waals surface area contributed by atoms with Crippen molar-refractivity contribution in [2.75, 3.05) is 5.32 Å². The van der Waals surface area contributed by atoms with E-state index >= 15 is 0 Å². The molecule has 1 fully saturated rings. The Bertz CT molecular complexity index is 1010. The average molecular weight is 451 g/mol. The number of hydrogen-bond donors (Lipinski definition) is 1. The van der Waals surface area contributed by atoms with Crippen LogP contribution in [0.5, 0.6) is 0 Å². The number of urea groups is 1. The van der Waals surface area contributed by atoms with Gasteiger partial charge in [0.15, 0.2) is 0 Å². The Kier molecular flexibility index (Phi) is 4.83. The smallest absolute Gasteiger partial charge is 0.314 e. The number of amides is 2. The van der Waals surface area contributed by atoms with E-state index in [-0.39, 0.29) is 23.8 Å². The van der Waals surface area contributed by atoms with E-state index in [9.17, 15) is 31.1 Å². The number of fused-ring (bicyclic) bond motifs is 4. The Balaban J connectivity index is 1.56. The Labute approximate surface area is 171 Å². The molecule has 2 amide bonds. The number of carbonyl (C=O) groups is 1. The number of nitrogens with zero attached hydrogens (tertiary/aromatic N) is 3. The molecule has 1 aromatic carbocycles. The second-order valence-corrected chi connectivity index (χ2v) is 7.48. The van der Waals surface area contributed by atoms with E-state index in [0.29, 0.717) is 18.4 Å². The minimum Gasteiger partial charge on any atom is -0.314 e. The lowest BCUT2D eigenvalue weighted by Gasteiger charge is -2.35. The quantitative estimate of drug-likeness (QED) is 0.587. The Morgan fingerprint density at radius 3 is 2.50 bits per heavy atom. The van der Waals surface area contributed by atoms with Crippen molar-refractivity contribution in [2.24, 2.45) is 0 Å². The van der Waals surface area contributed by atoms with Crippen LogP contribution in [0, 0.1) is 0 Å². The van der Waals surface area contributed by atoms with Crippen molar-refractivity contribution < 1.29 is 31.1 Å². The third kappa shape index (κ3) is 3.66. The molecule has 1 saturated heterocycles.